The molecule has 2 aliphatic carbocycles. The number of nitrogens with zero attached hydrogens (tertiary/aromatic N) is 2. The van der Waals surface area contributed by atoms with E-state index in [9.17, 15) is 9.00 Å². The van der Waals surface area contributed by atoms with Crippen molar-refractivity contribution in [3.05, 3.63) is 58.1 Å². The summed E-state index contributed by atoms with van der Waals surface area (Å²) in [6.45, 7) is 0.759. The zero-order valence-electron chi connectivity index (χ0n) is 19.8. The summed E-state index contributed by atoms with van der Waals surface area (Å²) < 4.78 is 15.8. The number of hydrogen-bond donors (Lipinski definition) is 0. The van der Waals surface area contributed by atoms with Crippen molar-refractivity contribution in [3.8, 4) is 0 Å². The van der Waals surface area contributed by atoms with E-state index in [1.165, 1.54) is 6.20 Å². The largest absolute Gasteiger partial charge is 1.00 e. The Labute approximate surface area is 245 Å². The minimum absolute atomic E-state index is 0. The smallest absolute Gasteiger partial charge is 0.158 e. The maximum Gasteiger partial charge on any atom is 0.158 e. The summed E-state index contributed by atoms with van der Waals surface area (Å²) in [5.41, 5.74) is 1.73. The van der Waals surface area contributed by atoms with Gasteiger partial charge in [-0.1, -0.05) is 23.2 Å². The molecule has 0 N–H and O–H groups in total. The Morgan fingerprint density at radius 3 is 1.80 bits per heavy atom. The van der Waals surface area contributed by atoms with Crippen LogP contribution >= 0.6 is 46.4 Å². The standard InChI is InChI=1S/C11H11Cl2NO.C10H9Cl2NO.C3H9OS.HI/c12-9-6-14-4-1-8(9)5-11(7-15-11)10(13)2-3-10;11-8-6-13-4-1-7(8)5-9(14)10(12)2-3-10;1-5(2,3)4;/h1,4,6H,2-3,5,7H2;1,4,6H,2-3,5H2;1-3H3;1H/q;;+1;/p-1. The maximum atomic E-state index is 11.6. The van der Waals surface area contributed by atoms with Crippen LogP contribution in [0.4, 0.5) is 0 Å². The summed E-state index contributed by atoms with van der Waals surface area (Å²) in [5.74, 6) is 0.0623. The molecule has 3 heterocycles. The molecule has 5 rings (SSSR count). The number of epoxide rings is 1. The number of halogens is 5. The lowest BCUT2D eigenvalue weighted by molar-refractivity contribution is -0.118. The van der Waals surface area contributed by atoms with Gasteiger partial charge < -0.3 is 28.7 Å². The van der Waals surface area contributed by atoms with Crippen LogP contribution in [0.5, 0.6) is 0 Å². The SMILES string of the molecule is C[S+](C)(C)=O.Clc1cnccc1CC1(C2(Cl)CC2)CO1.O=C(Cc1ccncc1Cl)C1(Cl)CC1.[I-]. The van der Waals surface area contributed by atoms with E-state index in [1.807, 2.05) is 6.07 Å². The number of aromatic nitrogens is 2. The van der Waals surface area contributed by atoms with E-state index < -0.39 is 14.8 Å². The highest BCUT2D eigenvalue weighted by atomic mass is 127. The van der Waals surface area contributed by atoms with Crippen molar-refractivity contribution in [1.29, 1.82) is 0 Å². The molecule has 35 heavy (non-hydrogen) atoms. The van der Waals surface area contributed by atoms with Gasteiger partial charge in [-0.2, -0.15) is 0 Å². The Kier molecular flexibility index (Phi) is 10.9. The third-order valence-electron chi connectivity index (χ3n) is 5.73. The maximum absolute atomic E-state index is 11.6. The number of ketones is 1. The van der Waals surface area contributed by atoms with Crippen LogP contribution in [0, 0.1) is 0 Å². The third-order valence-corrected chi connectivity index (χ3v) is 7.72. The molecule has 1 saturated heterocycles. The first-order valence-electron chi connectivity index (χ1n) is 10.9. The van der Waals surface area contributed by atoms with Crippen LogP contribution < -0.4 is 24.0 Å². The van der Waals surface area contributed by atoms with Gasteiger partial charge in [-0.05, 0) is 48.9 Å². The highest BCUT2D eigenvalue weighted by Crippen LogP contribution is 2.59. The van der Waals surface area contributed by atoms with Crippen molar-refractivity contribution in [2.75, 3.05) is 25.4 Å². The molecule has 0 bridgehead atoms. The van der Waals surface area contributed by atoms with Crippen molar-refractivity contribution in [3.63, 3.8) is 0 Å². The molecule has 5 nitrogen and oxygen atoms in total. The van der Waals surface area contributed by atoms with Gasteiger partial charge >= 0.3 is 0 Å². The first kappa shape index (κ1) is 31.2. The zero-order chi connectivity index (χ0) is 25.2. The molecule has 1 atom stereocenters. The average Bonchev–Trinajstić information content (AvgIpc) is 3.62. The molecular weight excluding hydrogens is 665 g/mol. The molecule has 11 heteroatoms. The van der Waals surface area contributed by atoms with Crippen molar-refractivity contribution < 1.29 is 37.7 Å². The number of hydrogen-bond acceptors (Lipinski definition) is 5. The highest BCUT2D eigenvalue weighted by Gasteiger charge is 2.66. The fourth-order valence-electron chi connectivity index (χ4n) is 3.29. The lowest BCUT2D eigenvalue weighted by atomic mass is 9.95. The van der Waals surface area contributed by atoms with E-state index in [-0.39, 0.29) is 40.2 Å². The fourth-order valence-corrected chi connectivity index (χ4v) is 4.10. The van der Waals surface area contributed by atoms with E-state index in [4.69, 9.17) is 51.1 Å². The van der Waals surface area contributed by atoms with Crippen LogP contribution in [0.1, 0.15) is 36.8 Å². The minimum Gasteiger partial charge on any atom is -1.00 e. The quantitative estimate of drug-likeness (QED) is 0.202. The number of alkyl halides is 2. The van der Waals surface area contributed by atoms with E-state index in [0.29, 0.717) is 16.5 Å². The van der Waals surface area contributed by atoms with Gasteiger partial charge in [0.1, 0.15) is 29.2 Å². The van der Waals surface area contributed by atoms with Gasteiger partial charge in [0.05, 0.1) is 31.5 Å². The summed E-state index contributed by atoms with van der Waals surface area (Å²) >= 11 is 24.4. The Hall–Kier alpha value is -0.0300. The molecule has 194 valence electrons. The Balaban J connectivity index is 0.000000204. The Bertz CT molecular complexity index is 1080. The normalized spacial score (nSPS) is 22.3. The van der Waals surface area contributed by atoms with Crippen LogP contribution in [0.3, 0.4) is 0 Å². The highest BCUT2D eigenvalue weighted by molar-refractivity contribution is 8.00. The topological polar surface area (TPSA) is 72.5 Å². The molecule has 0 aromatic carbocycles. The number of carbonyl (C=O) groups is 1. The van der Waals surface area contributed by atoms with Gasteiger partial charge in [0.15, 0.2) is 5.78 Å². The van der Waals surface area contributed by atoms with Gasteiger partial charge in [-0.15, -0.1) is 27.4 Å². The average molecular weight is 694 g/mol. The number of pyridine rings is 2. The number of carbonyl (C=O) groups excluding carboxylic acids is 1. The first-order valence-corrected chi connectivity index (χ1v) is 15.2. The minimum atomic E-state index is -1.42. The lowest BCUT2D eigenvalue weighted by Gasteiger charge is -2.17. The second kappa shape index (κ2) is 12.2. The van der Waals surface area contributed by atoms with Crippen molar-refractivity contribution in [2.24, 2.45) is 0 Å². The molecule has 2 aromatic heterocycles. The van der Waals surface area contributed by atoms with Crippen LogP contribution in [0.25, 0.3) is 0 Å². The van der Waals surface area contributed by atoms with Crippen LogP contribution in [0.2, 0.25) is 10.0 Å². The summed E-state index contributed by atoms with van der Waals surface area (Å²) in [6.07, 6.45) is 16.5. The predicted molar refractivity (Wildman–Crippen MR) is 141 cm³/mol. The fraction of sp³-hybridized carbons (Fsp3) is 0.542. The van der Waals surface area contributed by atoms with Crippen molar-refractivity contribution in [1.82, 2.24) is 9.97 Å². The third kappa shape index (κ3) is 9.34. The molecule has 3 fully saturated rings. The number of Topliss-reactive ketones (excluding diaryl/α,β-unsaturated/α-hetero) is 1. The molecule has 0 radical (unpaired) electrons. The van der Waals surface area contributed by atoms with Crippen LogP contribution in [0.15, 0.2) is 36.9 Å². The summed E-state index contributed by atoms with van der Waals surface area (Å²) in [7, 11) is -1.42. The van der Waals surface area contributed by atoms with Crippen LogP contribution in [-0.4, -0.2) is 56.5 Å². The van der Waals surface area contributed by atoms with Gasteiger partial charge in [-0.25, -0.2) is 0 Å². The second-order valence-corrected chi connectivity index (χ2v) is 15.4. The predicted octanol–water partition coefficient (Wildman–Crippen LogP) is 2.82. The van der Waals surface area contributed by atoms with Gasteiger partial charge in [-0.3, -0.25) is 14.8 Å². The molecule has 1 unspecified atom stereocenters. The Morgan fingerprint density at radius 2 is 1.43 bits per heavy atom. The lowest BCUT2D eigenvalue weighted by Crippen LogP contribution is -3.00. The van der Waals surface area contributed by atoms with Crippen molar-refractivity contribution >= 4 is 62.1 Å². The molecule has 0 spiro atoms. The monoisotopic (exact) mass is 692 g/mol. The molecule has 2 aromatic rings. The molecule has 2 saturated carbocycles. The second-order valence-electron chi connectivity index (χ2n) is 9.65. The first-order chi connectivity index (χ1) is 15.8. The number of rotatable bonds is 6. The summed E-state index contributed by atoms with van der Waals surface area (Å²) in [6, 6.07) is 3.69. The van der Waals surface area contributed by atoms with Gasteiger partial charge in [0.2, 0.25) is 0 Å². The molecule has 1 aliphatic heterocycles. The van der Waals surface area contributed by atoms with E-state index in [1.54, 1.807) is 43.4 Å². The van der Waals surface area contributed by atoms with Crippen molar-refractivity contribution in [2.45, 2.75) is 53.9 Å². The number of ether oxygens (including phenoxy) is 1. The molecule has 3 aliphatic rings. The van der Waals surface area contributed by atoms with E-state index in [2.05, 4.69) is 9.97 Å². The Morgan fingerprint density at radius 1 is 0.971 bits per heavy atom. The van der Waals surface area contributed by atoms with E-state index >= 15 is 0 Å². The van der Waals surface area contributed by atoms with Crippen LogP contribution in [-0.2, 0) is 36.5 Å². The zero-order valence-corrected chi connectivity index (χ0v) is 25.8. The molecule has 0 amide bonds. The van der Waals surface area contributed by atoms with Gasteiger partial charge in [0, 0.05) is 37.6 Å². The molecular formula is C24H29Cl4IN2O3S. The van der Waals surface area contributed by atoms with Gasteiger partial charge in [0.25, 0.3) is 0 Å². The summed E-state index contributed by atoms with van der Waals surface area (Å²) in [5, 5.41) is 1.23. The summed E-state index contributed by atoms with van der Waals surface area (Å²) in [4.78, 5) is 18.7. The van der Waals surface area contributed by atoms with E-state index in [0.717, 1.165) is 49.8 Å².